The molecule has 3 heterocycles. The number of urea groups is 1. The lowest BCUT2D eigenvalue weighted by molar-refractivity contribution is 0.208. The first-order valence-electron chi connectivity index (χ1n) is 10.6. The number of benzene rings is 1. The highest BCUT2D eigenvalue weighted by Crippen LogP contribution is 2.28. The summed E-state index contributed by atoms with van der Waals surface area (Å²) < 4.78 is 5.31. The van der Waals surface area contributed by atoms with Crippen molar-refractivity contribution in [2.75, 3.05) is 48.8 Å². The molecule has 9 nitrogen and oxygen atoms in total. The minimum absolute atomic E-state index is 0.193. The summed E-state index contributed by atoms with van der Waals surface area (Å²) in [4.78, 5) is 30.1. The average Bonchev–Trinajstić information content (AvgIpc) is 2.79. The van der Waals surface area contributed by atoms with Gasteiger partial charge >= 0.3 is 6.03 Å². The van der Waals surface area contributed by atoms with Gasteiger partial charge in [0, 0.05) is 43.5 Å². The smallest absolute Gasteiger partial charge is 0.322 e. The Bertz CT molecular complexity index is 1150. The Kier molecular flexibility index (Phi) is 6.79. The molecule has 1 fully saturated rings. The molecule has 0 radical (unpaired) electrons. The van der Waals surface area contributed by atoms with Crippen LogP contribution in [0.4, 0.5) is 27.9 Å². The number of amides is 2. The third kappa shape index (κ3) is 5.61. The summed E-state index contributed by atoms with van der Waals surface area (Å²) in [7, 11) is 1.56. The minimum Gasteiger partial charge on any atom is -0.495 e. The highest BCUT2D eigenvalue weighted by atomic mass is 35.5. The molecule has 0 unspecified atom stereocenters. The molecule has 33 heavy (non-hydrogen) atoms. The number of anilines is 4. The third-order valence-corrected chi connectivity index (χ3v) is 5.53. The molecule has 1 saturated heterocycles. The number of nitrogens with zero attached hydrogens (tertiary/aromatic N) is 5. The summed E-state index contributed by atoms with van der Waals surface area (Å²) in [5.41, 5.74) is 1.66. The predicted molar refractivity (Wildman–Crippen MR) is 130 cm³/mol. The lowest BCUT2D eigenvalue weighted by Gasteiger charge is -2.35. The summed E-state index contributed by atoms with van der Waals surface area (Å²) >= 11 is 6.07. The molecule has 1 aliphatic heterocycles. The molecule has 0 spiro atoms. The standard InChI is InChI=1S/C23H26ClN7O2/c1-15-6-7-25-20(12-15)29-21-14-22(27-16(2)26-21)30-8-10-31(11-9-30)23(32)28-18-13-17(24)4-5-19(18)33-3/h4-7,12-14H,8-11H2,1-3H3,(H,28,32)(H,25,26,27,29). The number of methoxy groups -OCH3 is 1. The Labute approximate surface area is 197 Å². The fourth-order valence-electron chi connectivity index (χ4n) is 3.62. The van der Waals surface area contributed by atoms with Crippen molar-refractivity contribution in [1.82, 2.24) is 19.9 Å². The molecule has 2 N–H and O–H groups in total. The quantitative estimate of drug-likeness (QED) is 0.579. The first-order chi connectivity index (χ1) is 15.9. The van der Waals surface area contributed by atoms with E-state index in [9.17, 15) is 4.79 Å². The predicted octanol–water partition coefficient (Wildman–Crippen LogP) is 4.25. The van der Waals surface area contributed by atoms with Gasteiger partial charge in [-0.05, 0) is 49.7 Å². The van der Waals surface area contributed by atoms with Crippen LogP contribution < -0.4 is 20.3 Å². The van der Waals surface area contributed by atoms with Gasteiger partial charge in [0.25, 0.3) is 0 Å². The van der Waals surface area contributed by atoms with Gasteiger partial charge in [-0.25, -0.2) is 19.7 Å². The molecule has 1 aromatic carbocycles. The van der Waals surface area contributed by atoms with Crippen LogP contribution in [0.3, 0.4) is 0 Å². The van der Waals surface area contributed by atoms with Crippen molar-refractivity contribution in [1.29, 1.82) is 0 Å². The van der Waals surface area contributed by atoms with Crippen LogP contribution in [0.25, 0.3) is 0 Å². The number of ether oxygens (including phenoxy) is 1. The zero-order valence-corrected chi connectivity index (χ0v) is 19.6. The number of carbonyl (C=O) groups excluding carboxylic acids is 1. The van der Waals surface area contributed by atoms with Gasteiger partial charge in [0.05, 0.1) is 12.8 Å². The zero-order chi connectivity index (χ0) is 23.4. The number of halogens is 1. The van der Waals surface area contributed by atoms with Crippen LogP contribution in [0, 0.1) is 13.8 Å². The maximum absolute atomic E-state index is 12.8. The van der Waals surface area contributed by atoms with Crippen molar-refractivity contribution in [3.63, 3.8) is 0 Å². The van der Waals surface area contributed by atoms with E-state index >= 15 is 0 Å². The van der Waals surface area contributed by atoms with E-state index in [4.69, 9.17) is 16.3 Å². The van der Waals surface area contributed by atoms with Crippen molar-refractivity contribution in [3.05, 3.63) is 59.0 Å². The first kappa shape index (κ1) is 22.6. The Hall–Kier alpha value is -3.59. The van der Waals surface area contributed by atoms with E-state index in [0.29, 0.717) is 54.3 Å². The maximum atomic E-state index is 12.8. The molecular formula is C23H26ClN7O2. The van der Waals surface area contributed by atoms with E-state index in [-0.39, 0.29) is 6.03 Å². The van der Waals surface area contributed by atoms with Crippen molar-refractivity contribution in [3.8, 4) is 5.75 Å². The number of hydrogen-bond donors (Lipinski definition) is 2. The van der Waals surface area contributed by atoms with Crippen LogP contribution in [0.2, 0.25) is 5.02 Å². The van der Waals surface area contributed by atoms with Crippen molar-refractivity contribution < 1.29 is 9.53 Å². The lowest BCUT2D eigenvalue weighted by Crippen LogP contribution is -2.50. The number of rotatable bonds is 5. The second-order valence-corrected chi connectivity index (χ2v) is 8.19. The van der Waals surface area contributed by atoms with E-state index in [1.54, 1.807) is 36.4 Å². The molecular weight excluding hydrogens is 442 g/mol. The maximum Gasteiger partial charge on any atom is 0.322 e. The van der Waals surface area contributed by atoms with Gasteiger partial charge in [0.15, 0.2) is 0 Å². The first-order valence-corrected chi connectivity index (χ1v) is 11.0. The Morgan fingerprint density at radius 2 is 1.82 bits per heavy atom. The van der Waals surface area contributed by atoms with Crippen LogP contribution >= 0.6 is 11.6 Å². The van der Waals surface area contributed by atoms with Crippen molar-refractivity contribution in [2.45, 2.75) is 13.8 Å². The van der Waals surface area contributed by atoms with Crippen molar-refractivity contribution in [2.24, 2.45) is 0 Å². The summed E-state index contributed by atoms with van der Waals surface area (Å²) in [6.07, 6.45) is 1.76. The molecule has 3 aromatic rings. The molecule has 0 atom stereocenters. The highest BCUT2D eigenvalue weighted by Gasteiger charge is 2.23. The van der Waals surface area contributed by atoms with E-state index in [0.717, 1.165) is 17.2 Å². The number of nitrogens with one attached hydrogen (secondary N) is 2. The molecule has 2 aromatic heterocycles. The number of hydrogen-bond acceptors (Lipinski definition) is 7. The molecule has 172 valence electrons. The Morgan fingerprint density at radius 1 is 1.03 bits per heavy atom. The molecule has 2 amide bonds. The number of carbonyl (C=O) groups is 1. The van der Waals surface area contributed by atoms with Crippen LogP contribution in [-0.4, -0.2) is 59.2 Å². The summed E-state index contributed by atoms with van der Waals surface area (Å²) in [5.74, 6) is 3.46. The molecule has 0 aliphatic carbocycles. The van der Waals surface area contributed by atoms with Crippen LogP contribution in [0.15, 0.2) is 42.6 Å². The van der Waals surface area contributed by atoms with E-state index < -0.39 is 0 Å². The highest BCUT2D eigenvalue weighted by molar-refractivity contribution is 6.31. The van der Waals surface area contributed by atoms with Crippen molar-refractivity contribution >= 4 is 40.8 Å². The van der Waals surface area contributed by atoms with Gasteiger partial charge in [-0.15, -0.1) is 0 Å². The summed E-state index contributed by atoms with van der Waals surface area (Å²) in [6, 6.07) is 10.7. The molecule has 1 aliphatic rings. The second-order valence-electron chi connectivity index (χ2n) is 7.75. The average molecular weight is 468 g/mol. The van der Waals surface area contributed by atoms with Gasteiger partial charge in [0.2, 0.25) is 0 Å². The Balaban J connectivity index is 1.40. The fourth-order valence-corrected chi connectivity index (χ4v) is 3.80. The number of aryl methyl sites for hydroxylation is 2. The van der Waals surface area contributed by atoms with Crippen LogP contribution in [0.1, 0.15) is 11.4 Å². The lowest BCUT2D eigenvalue weighted by atomic mass is 10.3. The van der Waals surface area contributed by atoms with Gasteiger partial charge < -0.3 is 25.2 Å². The van der Waals surface area contributed by atoms with Gasteiger partial charge in [-0.2, -0.15) is 0 Å². The van der Waals surface area contributed by atoms with Gasteiger partial charge in [-0.3, -0.25) is 0 Å². The number of piperazine rings is 1. The fraction of sp³-hybridized carbons (Fsp3) is 0.304. The normalized spacial score (nSPS) is 13.6. The van der Waals surface area contributed by atoms with Crippen LogP contribution in [0.5, 0.6) is 5.75 Å². The summed E-state index contributed by atoms with van der Waals surface area (Å²) in [5, 5.41) is 6.67. The van der Waals surface area contributed by atoms with Crippen LogP contribution in [-0.2, 0) is 0 Å². The van der Waals surface area contributed by atoms with E-state index in [1.807, 2.05) is 32.0 Å². The SMILES string of the molecule is COc1ccc(Cl)cc1NC(=O)N1CCN(c2cc(Nc3cc(C)ccn3)nc(C)n2)CC1. The molecule has 0 bridgehead atoms. The molecule has 0 saturated carbocycles. The number of aromatic nitrogens is 3. The van der Waals surface area contributed by atoms with E-state index in [2.05, 4.69) is 30.5 Å². The van der Waals surface area contributed by atoms with E-state index in [1.165, 1.54) is 0 Å². The summed E-state index contributed by atoms with van der Waals surface area (Å²) in [6.45, 7) is 6.29. The molecule has 4 rings (SSSR count). The molecule has 10 heteroatoms. The minimum atomic E-state index is -0.193. The van der Waals surface area contributed by atoms with Gasteiger partial charge in [0.1, 0.15) is 29.0 Å². The topological polar surface area (TPSA) is 95.5 Å². The zero-order valence-electron chi connectivity index (χ0n) is 18.8. The third-order valence-electron chi connectivity index (χ3n) is 5.29. The largest absolute Gasteiger partial charge is 0.495 e. The Morgan fingerprint density at radius 3 is 2.55 bits per heavy atom. The second kappa shape index (κ2) is 9.91. The number of pyridine rings is 1. The van der Waals surface area contributed by atoms with Gasteiger partial charge in [-0.1, -0.05) is 11.6 Å². The monoisotopic (exact) mass is 467 g/mol.